The van der Waals surface area contributed by atoms with E-state index in [0.29, 0.717) is 6.07 Å². The first kappa shape index (κ1) is 11.2. The number of hydrogen-bond acceptors (Lipinski definition) is 4. The van der Waals surface area contributed by atoms with Gasteiger partial charge in [0.25, 0.3) is 6.43 Å². The molecule has 0 atom stereocenters. The van der Waals surface area contributed by atoms with Crippen molar-refractivity contribution in [1.82, 2.24) is 4.98 Å². The van der Waals surface area contributed by atoms with E-state index in [2.05, 4.69) is 9.72 Å². The Morgan fingerprint density at radius 2 is 2.20 bits per heavy atom. The van der Waals surface area contributed by atoms with Crippen molar-refractivity contribution in [2.45, 2.75) is 6.43 Å². The SMILES string of the molecule is COc1cc(C(F)F)c([N+](=O)[O-])nc1F. The number of ether oxygens (including phenoxy) is 1. The van der Waals surface area contributed by atoms with Crippen molar-refractivity contribution in [2.24, 2.45) is 0 Å². The molecule has 0 aliphatic rings. The van der Waals surface area contributed by atoms with Gasteiger partial charge in [-0.2, -0.15) is 4.39 Å². The van der Waals surface area contributed by atoms with Crippen molar-refractivity contribution in [3.05, 3.63) is 27.7 Å². The van der Waals surface area contributed by atoms with Crippen molar-refractivity contribution in [3.8, 4) is 5.75 Å². The molecule has 1 heterocycles. The zero-order valence-electron chi connectivity index (χ0n) is 7.41. The zero-order valence-corrected chi connectivity index (χ0v) is 7.41. The maximum absolute atomic E-state index is 12.9. The van der Waals surface area contributed by atoms with Crippen molar-refractivity contribution < 1.29 is 22.8 Å². The van der Waals surface area contributed by atoms with E-state index in [1.165, 1.54) is 0 Å². The predicted molar refractivity (Wildman–Crippen MR) is 42.4 cm³/mol. The van der Waals surface area contributed by atoms with Crippen molar-refractivity contribution in [1.29, 1.82) is 0 Å². The minimum Gasteiger partial charge on any atom is -0.490 e. The third kappa shape index (κ3) is 2.14. The first-order chi connectivity index (χ1) is 6.97. The normalized spacial score (nSPS) is 10.5. The van der Waals surface area contributed by atoms with Crippen LogP contribution < -0.4 is 4.74 Å². The van der Waals surface area contributed by atoms with E-state index in [1.54, 1.807) is 0 Å². The van der Waals surface area contributed by atoms with Gasteiger partial charge in [-0.3, -0.25) is 0 Å². The predicted octanol–water partition coefficient (Wildman–Crippen LogP) is 2.08. The van der Waals surface area contributed by atoms with E-state index in [0.717, 1.165) is 7.11 Å². The van der Waals surface area contributed by atoms with Gasteiger partial charge in [0.05, 0.1) is 7.11 Å². The Kier molecular flexibility index (Phi) is 3.08. The van der Waals surface area contributed by atoms with Crippen LogP contribution in [0.25, 0.3) is 0 Å². The maximum atomic E-state index is 12.9. The van der Waals surface area contributed by atoms with E-state index in [4.69, 9.17) is 0 Å². The maximum Gasteiger partial charge on any atom is 0.376 e. The first-order valence-electron chi connectivity index (χ1n) is 3.64. The summed E-state index contributed by atoms with van der Waals surface area (Å²) in [6.07, 6.45) is -3.12. The largest absolute Gasteiger partial charge is 0.490 e. The van der Waals surface area contributed by atoms with Crippen LogP contribution in [0.2, 0.25) is 0 Å². The molecule has 1 rings (SSSR count). The number of nitrogens with zero attached hydrogens (tertiary/aromatic N) is 2. The summed E-state index contributed by atoms with van der Waals surface area (Å²) in [4.78, 5) is 11.9. The lowest BCUT2D eigenvalue weighted by atomic mass is 10.2. The zero-order chi connectivity index (χ0) is 11.6. The summed E-state index contributed by atoms with van der Waals surface area (Å²) in [5.41, 5.74) is -0.974. The molecule has 0 bridgehead atoms. The highest BCUT2D eigenvalue weighted by atomic mass is 19.3. The molecule has 82 valence electrons. The molecule has 1 aromatic rings. The number of halogens is 3. The van der Waals surface area contributed by atoms with Crippen LogP contribution >= 0.6 is 0 Å². The molecule has 0 N–H and O–H groups in total. The average Bonchev–Trinajstić information content (AvgIpc) is 2.16. The molecular formula is C7H5F3N2O3. The second kappa shape index (κ2) is 4.11. The van der Waals surface area contributed by atoms with Crippen LogP contribution in [0, 0.1) is 16.1 Å². The van der Waals surface area contributed by atoms with Gasteiger partial charge in [-0.15, -0.1) is 0 Å². The number of pyridine rings is 1. The molecule has 0 radical (unpaired) electrons. The lowest BCUT2D eigenvalue weighted by molar-refractivity contribution is -0.391. The Hall–Kier alpha value is -1.86. The monoisotopic (exact) mass is 222 g/mol. The Morgan fingerprint density at radius 3 is 2.60 bits per heavy atom. The van der Waals surface area contributed by atoms with Gasteiger partial charge in [0.2, 0.25) is 5.75 Å². The van der Waals surface area contributed by atoms with Crippen LogP contribution in [0.4, 0.5) is 19.0 Å². The Bertz CT molecular complexity index is 397. The number of hydrogen-bond donors (Lipinski definition) is 0. The number of rotatable bonds is 3. The van der Waals surface area contributed by atoms with Gasteiger partial charge >= 0.3 is 11.8 Å². The highest BCUT2D eigenvalue weighted by Gasteiger charge is 2.27. The van der Waals surface area contributed by atoms with Crippen molar-refractivity contribution in [2.75, 3.05) is 7.11 Å². The van der Waals surface area contributed by atoms with Gasteiger partial charge < -0.3 is 14.9 Å². The molecule has 0 spiro atoms. The van der Waals surface area contributed by atoms with Crippen LogP contribution in [-0.2, 0) is 0 Å². The van der Waals surface area contributed by atoms with E-state index in [1.807, 2.05) is 0 Å². The van der Waals surface area contributed by atoms with E-state index >= 15 is 0 Å². The second-order valence-electron chi connectivity index (χ2n) is 2.45. The van der Waals surface area contributed by atoms with Crippen LogP contribution in [0.3, 0.4) is 0 Å². The van der Waals surface area contributed by atoms with E-state index in [-0.39, 0.29) is 0 Å². The van der Waals surface area contributed by atoms with Crippen molar-refractivity contribution >= 4 is 5.82 Å². The summed E-state index contributed by atoms with van der Waals surface area (Å²) < 4.78 is 41.9. The molecule has 0 aromatic carbocycles. The molecule has 0 aliphatic carbocycles. The molecule has 0 fully saturated rings. The number of methoxy groups -OCH3 is 1. The lowest BCUT2D eigenvalue weighted by Gasteiger charge is -2.03. The van der Waals surface area contributed by atoms with Gasteiger partial charge in [-0.05, 0) is 9.91 Å². The minimum absolute atomic E-state index is 0.559. The first-order valence-corrected chi connectivity index (χ1v) is 3.64. The highest BCUT2D eigenvalue weighted by Crippen LogP contribution is 2.31. The molecule has 0 aliphatic heterocycles. The summed E-state index contributed by atoms with van der Waals surface area (Å²) in [5, 5.41) is 10.3. The Balaban J connectivity index is 3.38. The summed E-state index contributed by atoms with van der Waals surface area (Å²) in [5.74, 6) is -3.06. The summed E-state index contributed by atoms with van der Waals surface area (Å²) in [7, 11) is 1.04. The molecule has 0 amide bonds. The van der Waals surface area contributed by atoms with Crippen LogP contribution in [0.15, 0.2) is 6.07 Å². The van der Waals surface area contributed by atoms with E-state index < -0.39 is 34.4 Å². The summed E-state index contributed by atoms with van der Waals surface area (Å²) in [6.45, 7) is 0. The molecular weight excluding hydrogens is 217 g/mol. The molecule has 0 saturated carbocycles. The fourth-order valence-electron chi connectivity index (χ4n) is 0.928. The molecule has 5 nitrogen and oxygen atoms in total. The fourth-order valence-corrected chi connectivity index (χ4v) is 0.928. The van der Waals surface area contributed by atoms with Gasteiger partial charge in [0.1, 0.15) is 5.56 Å². The van der Waals surface area contributed by atoms with Crippen LogP contribution in [0.5, 0.6) is 5.75 Å². The molecule has 15 heavy (non-hydrogen) atoms. The lowest BCUT2D eigenvalue weighted by Crippen LogP contribution is -2.03. The van der Waals surface area contributed by atoms with Gasteiger partial charge in [-0.25, -0.2) is 8.78 Å². The topological polar surface area (TPSA) is 65.3 Å². The summed E-state index contributed by atoms with van der Waals surface area (Å²) >= 11 is 0. The summed E-state index contributed by atoms with van der Waals surface area (Å²) in [6, 6.07) is 0.561. The van der Waals surface area contributed by atoms with Gasteiger partial charge in [0, 0.05) is 6.07 Å². The van der Waals surface area contributed by atoms with Crippen molar-refractivity contribution in [3.63, 3.8) is 0 Å². The van der Waals surface area contributed by atoms with Gasteiger partial charge in [-0.1, -0.05) is 0 Å². The third-order valence-electron chi connectivity index (χ3n) is 1.58. The third-order valence-corrected chi connectivity index (χ3v) is 1.58. The van der Waals surface area contributed by atoms with Gasteiger partial charge in [0.15, 0.2) is 0 Å². The number of aromatic nitrogens is 1. The molecule has 0 saturated heterocycles. The Labute approximate surface area is 81.6 Å². The fraction of sp³-hybridized carbons (Fsp3) is 0.286. The van der Waals surface area contributed by atoms with Crippen LogP contribution in [-0.4, -0.2) is 17.0 Å². The average molecular weight is 222 g/mol. The quantitative estimate of drug-likeness (QED) is 0.446. The minimum atomic E-state index is -3.12. The van der Waals surface area contributed by atoms with Crippen LogP contribution in [0.1, 0.15) is 12.0 Å². The number of nitro groups is 1. The standard InChI is InChI=1S/C7H5F3N2O3/c1-15-4-2-3(5(8)9)7(12(13)14)11-6(4)10/h2,5H,1H3. The molecule has 1 aromatic heterocycles. The Morgan fingerprint density at radius 1 is 1.60 bits per heavy atom. The highest BCUT2D eigenvalue weighted by molar-refractivity contribution is 5.39. The molecule has 8 heteroatoms. The molecule has 0 unspecified atom stereocenters. The second-order valence-corrected chi connectivity index (χ2v) is 2.45. The number of alkyl halides is 2. The van der Waals surface area contributed by atoms with E-state index in [9.17, 15) is 23.3 Å². The smallest absolute Gasteiger partial charge is 0.376 e.